The number of rotatable bonds is 2. The maximum absolute atomic E-state index is 12.6. The van der Waals surface area contributed by atoms with E-state index in [1.807, 2.05) is 0 Å². The summed E-state index contributed by atoms with van der Waals surface area (Å²) in [6, 6.07) is 0. The Balaban J connectivity index is 3.28. The van der Waals surface area contributed by atoms with Crippen LogP contribution in [-0.4, -0.2) is 16.7 Å². The minimum atomic E-state index is -3.92. The molecule has 2 nitrogen and oxygen atoms in total. The Bertz CT molecular complexity index is 295. The van der Waals surface area contributed by atoms with Gasteiger partial charge in [0.1, 0.15) is 6.61 Å². The molecule has 13 heavy (non-hydrogen) atoms. The first-order chi connectivity index (χ1) is 5.99. The summed E-state index contributed by atoms with van der Waals surface area (Å²) in [4.78, 5) is 3.03. The van der Waals surface area contributed by atoms with E-state index in [2.05, 4.69) is 4.98 Å². The SMILES string of the molecule is OCC(F)(F)c1c(F)cncc1F. The van der Waals surface area contributed by atoms with Crippen LogP contribution < -0.4 is 0 Å². The van der Waals surface area contributed by atoms with Crippen LogP contribution in [0.5, 0.6) is 0 Å². The maximum atomic E-state index is 12.6. The highest BCUT2D eigenvalue weighted by Crippen LogP contribution is 2.30. The molecular formula is C7H5F4NO. The third-order valence-corrected chi connectivity index (χ3v) is 1.42. The van der Waals surface area contributed by atoms with E-state index in [1.54, 1.807) is 0 Å². The molecule has 0 spiro atoms. The van der Waals surface area contributed by atoms with Crippen LogP contribution in [0.2, 0.25) is 0 Å². The lowest BCUT2D eigenvalue weighted by Gasteiger charge is -2.14. The Morgan fingerprint density at radius 3 is 2.08 bits per heavy atom. The van der Waals surface area contributed by atoms with Gasteiger partial charge in [-0.15, -0.1) is 0 Å². The van der Waals surface area contributed by atoms with Crippen molar-refractivity contribution in [2.24, 2.45) is 0 Å². The molecule has 1 N–H and O–H groups in total. The van der Waals surface area contributed by atoms with Gasteiger partial charge in [0, 0.05) is 0 Å². The number of halogens is 4. The van der Waals surface area contributed by atoms with Crippen LogP contribution in [-0.2, 0) is 5.92 Å². The van der Waals surface area contributed by atoms with Crippen molar-refractivity contribution < 1.29 is 22.7 Å². The first kappa shape index (κ1) is 9.91. The van der Waals surface area contributed by atoms with Crippen molar-refractivity contribution in [1.82, 2.24) is 4.98 Å². The Kier molecular flexibility index (Phi) is 2.51. The predicted octanol–water partition coefficient (Wildman–Crippen LogP) is 1.44. The fourth-order valence-electron chi connectivity index (χ4n) is 0.840. The molecule has 0 aliphatic rings. The third-order valence-electron chi connectivity index (χ3n) is 1.42. The fraction of sp³-hybridized carbons (Fsp3) is 0.286. The lowest BCUT2D eigenvalue weighted by Crippen LogP contribution is -2.22. The average Bonchev–Trinajstić information content (AvgIpc) is 2.03. The highest BCUT2D eigenvalue weighted by atomic mass is 19.3. The van der Waals surface area contributed by atoms with Gasteiger partial charge in [0.05, 0.1) is 18.0 Å². The molecule has 0 saturated heterocycles. The van der Waals surface area contributed by atoms with Gasteiger partial charge < -0.3 is 5.11 Å². The molecule has 1 aromatic heterocycles. The number of aliphatic hydroxyl groups excluding tert-OH is 1. The molecule has 0 aromatic carbocycles. The van der Waals surface area contributed by atoms with E-state index in [0.29, 0.717) is 12.4 Å². The first-order valence-electron chi connectivity index (χ1n) is 3.27. The quantitative estimate of drug-likeness (QED) is 0.724. The molecule has 0 unspecified atom stereocenters. The zero-order chi connectivity index (χ0) is 10.1. The summed E-state index contributed by atoms with van der Waals surface area (Å²) < 4.78 is 50.6. The van der Waals surface area contributed by atoms with Gasteiger partial charge in [-0.2, -0.15) is 8.78 Å². The minimum absolute atomic E-state index is 0.460. The summed E-state index contributed by atoms with van der Waals surface area (Å²) in [5, 5.41) is 8.19. The van der Waals surface area contributed by atoms with Gasteiger partial charge in [-0.05, 0) is 0 Å². The zero-order valence-corrected chi connectivity index (χ0v) is 6.27. The second kappa shape index (κ2) is 3.29. The molecule has 0 aliphatic carbocycles. The van der Waals surface area contributed by atoms with Gasteiger partial charge in [0.15, 0.2) is 11.6 Å². The molecule has 72 valence electrons. The van der Waals surface area contributed by atoms with Gasteiger partial charge in [-0.25, -0.2) is 8.78 Å². The molecule has 0 bridgehead atoms. The lowest BCUT2D eigenvalue weighted by atomic mass is 10.1. The maximum Gasteiger partial charge on any atom is 0.301 e. The monoisotopic (exact) mass is 195 g/mol. The van der Waals surface area contributed by atoms with Crippen molar-refractivity contribution >= 4 is 0 Å². The standard InChI is InChI=1S/C7H5F4NO/c8-4-1-12-2-5(9)6(4)7(10,11)3-13/h1-2,13H,3H2. The highest BCUT2D eigenvalue weighted by molar-refractivity contribution is 5.20. The number of nitrogens with zero attached hydrogens (tertiary/aromatic N) is 1. The van der Waals surface area contributed by atoms with Crippen LogP contribution in [0.4, 0.5) is 17.6 Å². The lowest BCUT2D eigenvalue weighted by molar-refractivity contribution is -0.0611. The first-order valence-corrected chi connectivity index (χ1v) is 3.27. The topological polar surface area (TPSA) is 33.1 Å². The van der Waals surface area contributed by atoms with E-state index in [9.17, 15) is 17.6 Å². The van der Waals surface area contributed by atoms with Crippen molar-refractivity contribution in [2.45, 2.75) is 5.92 Å². The summed E-state index contributed by atoms with van der Waals surface area (Å²) in [6.07, 6.45) is 0.921. The number of hydrogen-bond acceptors (Lipinski definition) is 2. The summed E-state index contributed by atoms with van der Waals surface area (Å²) in [7, 11) is 0. The number of hydrogen-bond donors (Lipinski definition) is 1. The second-order valence-corrected chi connectivity index (χ2v) is 2.34. The normalized spacial score (nSPS) is 11.8. The largest absolute Gasteiger partial charge is 0.390 e. The van der Waals surface area contributed by atoms with E-state index < -0.39 is 29.7 Å². The highest BCUT2D eigenvalue weighted by Gasteiger charge is 2.37. The number of aliphatic hydroxyl groups is 1. The van der Waals surface area contributed by atoms with Crippen LogP contribution in [0, 0.1) is 11.6 Å². The molecule has 0 aliphatic heterocycles. The van der Waals surface area contributed by atoms with E-state index >= 15 is 0 Å². The summed E-state index contributed by atoms with van der Waals surface area (Å²) in [6.45, 7) is -1.65. The van der Waals surface area contributed by atoms with Gasteiger partial charge in [-0.1, -0.05) is 0 Å². The van der Waals surface area contributed by atoms with Crippen LogP contribution in [0.1, 0.15) is 5.56 Å². The molecule has 0 saturated carbocycles. The van der Waals surface area contributed by atoms with Crippen molar-refractivity contribution in [3.8, 4) is 0 Å². The van der Waals surface area contributed by atoms with Crippen molar-refractivity contribution in [3.05, 3.63) is 29.6 Å². The average molecular weight is 195 g/mol. The van der Waals surface area contributed by atoms with Crippen LogP contribution in [0.25, 0.3) is 0 Å². The Morgan fingerprint density at radius 2 is 1.69 bits per heavy atom. The molecule has 1 aromatic rings. The van der Waals surface area contributed by atoms with Gasteiger partial charge >= 0.3 is 5.92 Å². The van der Waals surface area contributed by atoms with Crippen LogP contribution in [0.15, 0.2) is 12.4 Å². The van der Waals surface area contributed by atoms with E-state index in [-0.39, 0.29) is 0 Å². The molecule has 0 radical (unpaired) electrons. The molecular weight excluding hydrogens is 190 g/mol. The molecule has 0 fully saturated rings. The molecule has 0 amide bonds. The predicted molar refractivity (Wildman–Crippen MR) is 35.1 cm³/mol. The Morgan fingerprint density at radius 1 is 1.23 bits per heavy atom. The number of aromatic nitrogens is 1. The Labute approximate surface area is 70.8 Å². The Hall–Kier alpha value is -1.17. The van der Waals surface area contributed by atoms with Gasteiger partial charge in [-0.3, -0.25) is 4.98 Å². The summed E-state index contributed by atoms with van der Waals surface area (Å²) >= 11 is 0. The smallest absolute Gasteiger partial charge is 0.301 e. The third kappa shape index (κ3) is 1.77. The van der Waals surface area contributed by atoms with Gasteiger partial charge in [0.2, 0.25) is 0 Å². The molecule has 6 heteroatoms. The van der Waals surface area contributed by atoms with E-state index in [1.165, 1.54) is 0 Å². The van der Waals surface area contributed by atoms with E-state index in [0.717, 1.165) is 0 Å². The zero-order valence-electron chi connectivity index (χ0n) is 6.27. The van der Waals surface area contributed by atoms with Crippen LogP contribution in [0.3, 0.4) is 0 Å². The summed E-state index contributed by atoms with van der Waals surface area (Å²) in [5.41, 5.74) is -1.45. The van der Waals surface area contributed by atoms with Gasteiger partial charge in [0.25, 0.3) is 0 Å². The van der Waals surface area contributed by atoms with Crippen molar-refractivity contribution in [2.75, 3.05) is 6.61 Å². The second-order valence-electron chi connectivity index (χ2n) is 2.34. The number of pyridine rings is 1. The van der Waals surface area contributed by atoms with Crippen molar-refractivity contribution in [3.63, 3.8) is 0 Å². The minimum Gasteiger partial charge on any atom is -0.390 e. The molecule has 1 rings (SSSR count). The fourth-order valence-corrected chi connectivity index (χ4v) is 0.840. The summed E-state index contributed by atoms with van der Waals surface area (Å²) in [5.74, 6) is -6.87. The number of alkyl halides is 2. The molecule has 1 heterocycles. The van der Waals surface area contributed by atoms with Crippen LogP contribution >= 0.6 is 0 Å². The molecule has 0 atom stereocenters. The van der Waals surface area contributed by atoms with E-state index in [4.69, 9.17) is 5.11 Å². The van der Waals surface area contributed by atoms with Crippen molar-refractivity contribution in [1.29, 1.82) is 0 Å².